The number of aliphatic carboxylic acids is 1. The van der Waals surface area contributed by atoms with Crippen LogP contribution in [0, 0.1) is 11.8 Å². The fraction of sp³-hybridized carbons (Fsp3) is 0.500. The van der Waals surface area contributed by atoms with Crippen LogP contribution in [0.4, 0.5) is 8.78 Å². The normalized spacial score (nSPS) is 16.5. The number of carboxylic acid groups (broad SMARTS) is 1. The van der Waals surface area contributed by atoms with Crippen molar-refractivity contribution in [3.05, 3.63) is 61.8 Å². The lowest BCUT2D eigenvalue weighted by Crippen LogP contribution is -2.51. The first-order valence-electron chi connectivity index (χ1n) is 20.0. The highest BCUT2D eigenvalue weighted by Gasteiger charge is 2.50. The number of amides is 3. The number of unbranched alkanes of at least 4 members (excludes halogenated alkanes) is 1. The molecule has 5 N–H and O–H groups in total. The number of nitrogens with one attached hydrogen (secondary N) is 2. The van der Waals surface area contributed by atoms with E-state index in [-0.39, 0.29) is 62.6 Å². The van der Waals surface area contributed by atoms with Crippen LogP contribution < -0.4 is 21.9 Å². The predicted molar refractivity (Wildman–Crippen MR) is 218 cm³/mol. The lowest BCUT2D eigenvalue weighted by molar-refractivity contribution is -0.190. The molecule has 3 aromatic rings. The number of benzene rings is 1. The Morgan fingerprint density at radius 3 is 2.48 bits per heavy atom. The van der Waals surface area contributed by atoms with Gasteiger partial charge in [-0.2, -0.15) is 0 Å². The van der Waals surface area contributed by atoms with Crippen LogP contribution in [0.5, 0.6) is 0 Å². The minimum Gasteiger partial charge on any atom is -0.481 e. The molecule has 328 valence electrons. The summed E-state index contributed by atoms with van der Waals surface area (Å²) in [5.41, 5.74) is 5.03. The minimum absolute atomic E-state index is 0.0219. The van der Waals surface area contributed by atoms with E-state index in [1.54, 1.807) is 19.9 Å². The van der Waals surface area contributed by atoms with Crippen LogP contribution in [0.25, 0.3) is 22.3 Å². The maximum Gasteiger partial charge on any atom is 0.355 e. The van der Waals surface area contributed by atoms with Crippen molar-refractivity contribution in [2.75, 3.05) is 6.54 Å². The number of pyridine rings is 2. The van der Waals surface area contributed by atoms with Crippen LogP contribution in [0.1, 0.15) is 102 Å². The Balaban J connectivity index is 1.27. The molecule has 2 aliphatic rings. The van der Waals surface area contributed by atoms with Crippen LogP contribution in [0.2, 0.25) is 0 Å². The van der Waals surface area contributed by atoms with E-state index in [0.717, 1.165) is 15.4 Å². The fourth-order valence-electron chi connectivity index (χ4n) is 7.50. The van der Waals surface area contributed by atoms with E-state index < -0.39 is 109 Å². The summed E-state index contributed by atoms with van der Waals surface area (Å²) in [4.78, 5) is 107. The summed E-state index contributed by atoms with van der Waals surface area (Å²) in [5.74, 6) is -11.2. The van der Waals surface area contributed by atoms with Gasteiger partial charge in [0.2, 0.25) is 23.3 Å². The molecule has 0 aliphatic carbocycles. The predicted octanol–water partition coefficient (Wildman–Crippen LogP) is 4.55. The van der Waals surface area contributed by atoms with E-state index in [0.29, 0.717) is 16.9 Å². The SMILES string of the molecule is CC[C@@]1(OC(=O)CCC(F)(F)CNC(=O)[C@H](CCCCC(N)=O)NC(=O)[C@@H](CC(=O)CCC(=O)O)C(C)C)C(=O)OCc2c1cc1n(c2=O)Cc2cc3c(Br)cccc3nc2-1. The van der Waals surface area contributed by atoms with Crippen molar-refractivity contribution >= 4 is 68.2 Å². The second-order valence-corrected chi connectivity index (χ2v) is 16.5. The first-order chi connectivity index (χ1) is 28.8. The molecule has 0 fully saturated rings. The number of fused-ring (bicyclic) bond motifs is 5. The molecule has 0 unspecified atom stereocenters. The number of rotatable bonds is 21. The van der Waals surface area contributed by atoms with E-state index in [1.807, 2.05) is 24.3 Å². The number of alkyl halides is 2. The number of ketones is 1. The molecule has 0 bridgehead atoms. The molecule has 3 atom stereocenters. The molecule has 5 rings (SSSR count). The molecule has 0 saturated heterocycles. The molecule has 16 nitrogen and oxygen atoms in total. The average molecular weight is 917 g/mol. The molecule has 2 aliphatic heterocycles. The number of carbonyl (C=O) groups is 7. The van der Waals surface area contributed by atoms with E-state index in [9.17, 15) is 38.4 Å². The number of ether oxygens (including phenoxy) is 2. The van der Waals surface area contributed by atoms with Gasteiger partial charge in [-0.25, -0.2) is 18.6 Å². The highest BCUT2D eigenvalue weighted by molar-refractivity contribution is 9.10. The summed E-state index contributed by atoms with van der Waals surface area (Å²) >= 11 is 3.53. The summed E-state index contributed by atoms with van der Waals surface area (Å²) in [6, 6.07) is 7.61. The van der Waals surface area contributed by atoms with Gasteiger partial charge in [-0.15, -0.1) is 0 Å². The van der Waals surface area contributed by atoms with Gasteiger partial charge in [-0.1, -0.05) is 49.2 Å². The third-order valence-electron chi connectivity index (χ3n) is 11.0. The standard InChI is InChI=1S/C42H48BrF2N5O11/c1-4-42(28-18-32-36-23(16-26-29(43)8-7-10-30(26)48-36)19-50(32)39(58)27(28)20-60-40(42)59)61-35(55)14-15-41(44,45)21-47-38(57)31(9-5-6-11-33(46)52)49-37(56)25(22(2)3)17-24(51)12-13-34(53)54/h7-8,10,16,18,22,25,31H,4-6,9,11-15,17,19-21H2,1-3H3,(H2,46,52)(H,47,57)(H,49,56)(H,53,54)/t25-,31-,42-/m0/s1. The number of hydrogen-bond acceptors (Lipinski definition) is 11. The maximum absolute atomic E-state index is 15.3. The number of nitrogens with zero attached hydrogens (tertiary/aromatic N) is 2. The second-order valence-electron chi connectivity index (χ2n) is 15.7. The topological polar surface area (TPSA) is 243 Å². The summed E-state index contributed by atoms with van der Waals surface area (Å²) in [6.45, 7) is 3.39. The van der Waals surface area contributed by atoms with Gasteiger partial charge in [0.05, 0.1) is 48.4 Å². The van der Waals surface area contributed by atoms with Gasteiger partial charge in [-0.05, 0) is 49.4 Å². The van der Waals surface area contributed by atoms with Crippen LogP contribution in [-0.2, 0) is 61.8 Å². The Kier molecular flexibility index (Phi) is 14.8. The number of halogens is 3. The molecule has 61 heavy (non-hydrogen) atoms. The lowest BCUT2D eigenvalue weighted by Gasteiger charge is -2.35. The van der Waals surface area contributed by atoms with Crippen LogP contribution in [0.3, 0.4) is 0 Å². The molecular formula is C42H48BrF2N5O11. The van der Waals surface area contributed by atoms with Gasteiger partial charge >= 0.3 is 17.9 Å². The number of primary amides is 1. The fourth-order valence-corrected chi connectivity index (χ4v) is 7.97. The van der Waals surface area contributed by atoms with Gasteiger partial charge < -0.3 is 35.5 Å². The van der Waals surface area contributed by atoms with Crippen molar-refractivity contribution in [3.63, 3.8) is 0 Å². The highest BCUT2D eigenvalue weighted by Crippen LogP contribution is 2.42. The van der Waals surface area contributed by atoms with Crippen molar-refractivity contribution in [1.29, 1.82) is 0 Å². The number of hydrogen-bond donors (Lipinski definition) is 4. The molecule has 0 radical (unpaired) electrons. The summed E-state index contributed by atoms with van der Waals surface area (Å²) < 4.78 is 44.0. The number of Topliss-reactive ketones (excluding diaryl/α,β-unsaturated/α-hetero) is 1. The Labute approximate surface area is 357 Å². The zero-order valence-corrected chi connectivity index (χ0v) is 35.5. The van der Waals surface area contributed by atoms with Crippen molar-refractivity contribution < 1.29 is 56.9 Å². The summed E-state index contributed by atoms with van der Waals surface area (Å²) in [7, 11) is 0. The van der Waals surface area contributed by atoms with Crippen molar-refractivity contribution in [3.8, 4) is 11.4 Å². The van der Waals surface area contributed by atoms with Gasteiger partial charge in [0.1, 0.15) is 18.4 Å². The lowest BCUT2D eigenvalue weighted by atomic mass is 9.85. The third kappa shape index (κ3) is 10.8. The number of esters is 2. The van der Waals surface area contributed by atoms with E-state index in [1.165, 1.54) is 11.5 Å². The van der Waals surface area contributed by atoms with Crippen LogP contribution >= 0.6 is 15.9 Å². The van der Waals surface area contributed by atoms with E-state index >= 15 is 8.78 Å². The van der Waals surface area contributed by atoms with Gasteiger partial charge in [0, 0.05) is 52.6 Å². The quantitative estimate of drug-likeness (QED) is 0.0665. The van der Waals surface area contributed by atoms with Crippen molar-refractivity contribution in [1.82, 2.24) is 20.2 Å². The molecule has 2 aromatic heterocycles. The second kappa shape index (κ2) is 19.4. The van der Waals surface area contributed by atoms with Crippen molar-refractivity contribution in [2.45, 2.75) is 116 Å². The molecule has 3 amide bonds. The molecule has 4 heterocycles. The van der Waals surface area contributed by atoms with Crippen molar-refractivity contribution in [2.24, 2.45) is 17.6 Å². The Hall–Kier alpha value is -5.59. The average Bonchev–Trinajstić information content (AvgIpc) is 3.56. The van der Waals surface area contributed by atoms with E-state index in [4.69, 9.17) is 25.3 Å². The number of aromatic nitrogens is 2. The molecule has 1 aromatic carbocycles. The van der Waals surface area contributed by atoms with Crippen LogP contribution in [-0.4, -0.2) is 74.6 Å². The van der Waals surface area contributed by atoms with Gasteiger partial charge in [0.25, 0.3) is 11.5 Å². The molecule has 19 heteroatoms. The molecule has 0 saturated carbocycles. The first kappa shape index (κ1) is 46.5. The zero-order valence-electron chi connectivity index (χ0n) is 33.9. The smallest absolute Gasteiger partial charge is 0.355 e. The maximum atomic E-state index is 15.3. The summed E-state index contributed by atoms with van der Waals surface area (Å²) in [6.07, 6.45) is -2.89. The third-order valence-corrected chi connectivity index (χ3v) is 11.7. The van der Waals surface area contributed by atoms with E-state index in [2.05, 4.69) is 26.6 Å². The number of carboxylic acids is 1. The van der Waals surface area contributed by atoms with Gasteiger partial charge in [0.15, 0.2) is 0 Å². The largest absolute Gasteiger partial charge is 0.481 e. The number of cyclic esters (lactones) is 1. The Morgan fingerprint density at radius 1 is 1.07 bits per heavy atom. The summed E-state index contributed by atoms with van der Waals surface area (Å²) in [5, 5.41) is 14.4. The Morgan fingerprint density at radius 2 is 1.80 bits per heavy atom. The van der Waals surface area contributed by atoms with Gasteiger partial charge in [-0.3, -0.25) is 33.6 Å². The number of nitrogens with two attached hydrogens (primary N) is 1. The number of carbonyl (C=O) groups excluding carboxylic acids is 6. The minimum atomic E-state index is -3.69. The molecular weight excluding hydrogens is 868 g/mol. The van der Waals surface area contributed by atoms with Crippen LogP contribution in [0.15, 0.2) is 39.6 Å². The highest BCUT2D eigenvalue weighted by atomic mass is 79.9. The first-order valence-corrected chi connectivity index (χ1v) is 20.8. The monoisotopic (exact) mass is 915 g/mol. The Bertz CT molecular complexity index is 2320. The zero-order chi connectivity index (χ0) is 44.8. The molecule has 0 spiro atoms.